The normalized spacial score (nSPS) is 10.3. The minimum atomic E-state index is -0.695. The van der Waals surface area contributed by atoms with E-state index in [-0.39, 0.29) is 28.2 Å². The molecular weight excluding hydrogens is 360 g/mol. The van der Waals surface area contributed by atoms with Gasteiger partial charge in [-0.2, -0.15) is 10.5 Å². The Hall–Kier alpha value is -4.11. The molecular formula is C19H16N6O3. The number of azo groups is 1. The minimum Gasteiger partial charge on any atom is -0.372 e. The van der Waals surface area contributed by atoms with Crippen molar-refractivity contribution in [3.8, 4) is 12.1 Å². The van der Waals surface area contributed by atoms with Gasteiger partial charge in [-0.3, -0.25) is 14.9 Å². The Kier molecular flexibility index (Phi) is 6.50. The fourth-order valence-electron chi connectivity index (χ4n) is 2.62. The van der Waals surface area contributed by atoms with Crippen LogP contribution in [-0.4, -0.2) is 24.3 Å². The van der Waals surface area contributed by atoms with Gasteiger partial charge >= 0.3 is 0 Å². The van der Waals surface area contributed by atoms with Gasteiger partial charge in [0.05, 0.1) is 21.7 Å². The van der Waals surface area contributed by atoms with Gasteiger partial charge in [0.15, 0.2) is 6.29 Å². The molecule has 28 heavy (non-hydrogen) atoms. The van der Waals surface area contributed by atoms with E-state index < -0.39 is 4.92 Å². The summed E-state index contributed by atoms with van der Waals surface area (Å²) in [5.41, 5.74) is 0.647. The molecule has 0 aliphatic heterocycles. The first-order chi connectivity index (χ1) is 13.5. The van der Waals surface area contributed by atoms with E-state index in [9.17, 15) is 25.4 Å². The molecule has 0 radical (unpaired) electrons. The number of anilines is 1. The maximum Gasteiger partial charge on any atom is 0.272 e. The van der Waals surface area contributed by atoms with E-state index in [4.69, 9.17) is 0 Å². The van der Waals surface area contributed by atoms with Crippen LogP contribution < -0.4 is 4.90 Å². The first-order valence-corrected chi connectivity index (χ1v) is 8.37. The van der Waals surface area contributed by atoms with Gasteiger partial charge in [0.2, 0.25) is 0 Å². The number of carbonyl (C=O) groups is 1. The zero-order valence-corrected chi connectivity index (χ0v) is 15.3. The molecule has 0 aliphatic carbocycles. The second kappa shape index (κ2) is 9.01. The fourth-order valence-corrected chi connectivity index (χ4v) is 2.62. The molecule has 0 saturated heterocycles. The van der Waals surface area contributed by atoms with Crippen molar-refractivity contribution >= 4 is 29.0 Å². The number of benzene rings is 2. The molecule has 0 aromatic heterocycles. The van der Waals surface area contributed by atoms with Crippen molar-refractivity contribution < 1.29 is 9.72 Å². The molecule has 140 valence electrons. The molecule has 0 spiro atoms. The van der Waals surface area contributed by atoms with E-state index in [1.54, 1.807) is 30.3 Å². The van der Waals surface area contributed by atoms with Gasteiger partial charge in [0, 0.05) is 36.5 Å². The van der Waals surface area contributed by atoms with Gasteiger partial charge in [-0.05, 0) is 32.0 Å². The van der Waals surface area contributed by atoms with Crippen molar-refractivity contribution in [3.05, 3.63) is 57.1 Å². The molecule has 0 N–H and O–H groups in total. The van der Waals surface area contributed by atoms with Crippen LogP contribution in [0.1, 0.15) is 35.3 Å². The lowest BCUT2D eigenvalue weighted by Gasteiger charge is -2.21. The summed E-state index contributed by atoms with van der Waals surface area (Å²) in [7, 11) is 0. The maximum atomic E-state index is 11.5. The summed E-state index contributed by atoms with van der Waals surface area (Å²) in [6.07, 6.45) is 0.646. The average Bonchev–Trinajstić information content (AvgIpc) is 2.72. The van der Waals surface area contributed by atoms with Crippen LogP contribution >= 0.6 is 0 Å². The Balaban J connectivity index is 2.52. The Morgan fingerprint density at radius 1 is 1.11 bits per heavy atom. The topological polar surface area (TPSA) is 136 Å². The van der Waals surface area contributed by atoms with Crippen LogP contribution in [0, 0.1) is 32.8 Å². The van der Waals surface area contributed by atoms with Crippen LogP contribution in [0.25, 0.3) is 0 Å². The van der Waals surface area contributed by atoms with Gasteiger partial charge in [0.1, 0.15) is 17.8 Å². The molecule has 2 aromatic carbocycles. The van der Waals surface area contributed by atoms with Crippen LogP contribution in [0.4, 0.5) is 22.7 Å². The van der Waals surface area contributed by atoms with Gasteiger partial charge in [-0.15, -0.1) is 10.2 Å². The molecule has 0 saturated carbocycles. The summed E-state index contributed by atoms with van der Waals surface area (Å²) in [5.74, 6) is 0. The number of nitro benzene ring substituents is 1. The number of aldehydes is 1. The molecule has 0 fully saturated rings. The Labute approximate surface area is 161 Å². The Bertz CT molecular complexity index is 994. The standard InChI is InChI=1S/C19H16N6O3/c1-3-24(4-2)16-5-6-18(15(9-16)12-26)22-23-19-13(10-20)7-17(25(27)28)8-14(19)11-21/h5-9,12H,3-4H2,1-2H3. The number of nitrogens with zero attached hydrogens (tertiary/aromatic N) is 6. The van der Waals surface area contributed by atoms with E-state index in [1.807, 2.05) is 13.8 Å². The highest BCUT2D eigenvalue weighted by Gasteiger charge is 2.17. The van der Waals surface area contributed by atoms with Crippen molar-refractivity contribution in [1.82, 2.24) is 0 Å². The van der Waals surface area contributed by atoms with E-state index in [2.05, 4.69) is 15.1 Å². The first-order valence-electron chi connectivity index (χ1n) is 8.37. The number of hydrogen-bond acceptors (Lipinski definition) is 8. The number of nitro groups is 1. The average molecular weight is 376 g/mol. The molecule has 2 aromatic rings. The third-order valence-electron chi connectivity index (χ3n) is 4.07. The highest BCUT2D eigenvalue weighted by molar-refractivity contribution is 5.85. The van der Waals surface area contributed by atoms with Crippen LogP contribution in [0.5, 0.6) is 0 Å². The molecule has 9 nitrogen and oxygen atoms in total. The number of rotatable bonds is 7. The predicted molar refractivity (Wildman–Crippen MR) is 102 cm³/mol. The second-order valence-corrected chi connectivity index (χ2v) is 5.60. The van der Waals surface area contributed by atoms with Gasteiger partial charge in [-0.1, -0.05) is 0 Å². The van der Waals surface area contributed by atoms with E-state index >= 15 is 0 Å². The first kappa shape index (κ1) is 20.2. The quantitative estimate of drug-likeness (QED) is 0.304. The molecule has 0 heterocycles. The molecule has 0 atom stereocenters. The largest absolute Gasteiger partial charge is 0.372 e. The van der Waals surface area contributed by atoms with Crippen LogP contribution in [0.15, 0.2) is 40.6 Å². The number of carbonyl (C=O) groups excluding carboxylic acids is 1. The molecule has 0 bridgehead atoms. The van der Waals surface area contributed by atoms with Crippen molar-refractivity contribution in [2.24, 2.45) is 10.2 Å². The van der Waals surface area contributed by atoms with Gasteiger partial charge in [-0.25, -0.2) is 0 Å². The van der Waals surface area contributed by atoms with Crippen molar-refractivity contribution in [2.75, 3.05) is 18.0 Å². The molecule has 2 rings (SSSR count). The molecule has 0 amide bonds. The smallest absolute Gasteiger partial charge is 0.272 e. The predicted octanol–water partition coefficient (Wildman–Crippen LogP) is 4.41. The number of hydrogen-bond donors (Lipinski definition) is 0. The van der Waals surface area contributed by atoms with E-state index in [0.29, 0.717) is 11.8 Å². The van der Waals surface area contributed by atoms with E-state index in [0.717, 1.165) is 30.9 Å². The zero-order chi connectivity index (χ0) is 20.7. The summed E-state index contributed by atoms with van der Waals surface area (Å²) in [6.45, 7) is 5.54. The van der Waals surface area contributed by atoms with Gasteiger partial charge < -0.3 is 4.90 Å². The van der Waals surface area contributed by atoms with Gasteiger partial charge in [0.25, 0.3) is 5.69 Å². The van der Waals surface area contributed by atoms with E-state index in [1.165, 1.54) is 0 Å². The number of nitriles is 2. The highest BCUT2D eigenvalue weighted by Crippen LogP contribution is 2.32. The van der Waals surface area contributed by atoms with Crippen molar-refractivity contribution in [2.45, 2.75) is 13.8 Å². The van der Waals surface area contributed by atoms with Crippen molar-refractivity contribution in [1.29, 1.82) is 10.5 Å². The summed E-state index contributed by atoms with van der Waals surface area (Å²) in [5, 5.41) is 37.4. The molecule has 9 heteroatoms. The lowest BCUT2D eigenvalue weighted by atomic mass is 10.1. The van der Waals surface area contributed by atoms with Crippen LogP contribution in [0.3, 0.4) is 0 Å². The summed E-state index contributed by atoms with van der Waals surface area (Å²) in [4.78, 5) is 23.8. The minimum absolute atomic E-state index is 0.0831. The van der Waals surface area contributed by atoms with Crippen LogP contribution in [0.2, 0.25) is 0 Å². The third-order valence-corrected chi connectivity index (χ3v) is 4.07. The number of non-ortho nitro benzene ring substituents is 1. The lowest BCUT2D eigenvalue weighted by Crippen LogP contribution is -2.21. The molecule has 0 aliphatic rings. The Morgan fingerprint density at radius 3 is 2.18 bits per heavy atom. The lowest BCUT2D eigenvalue weighted by molar-refractivity contribution is -0.384. The summed E-state index contributed by atoms with van der Waals surface area (Å²) >= 11 is 0. The second-order valence-electron chi connectivity index (χ2n) is 5.60. The Morgan fingerprint density at radius 2 is 1.71 bits per heavy atom. The zero-order valence-electron chi connectivity index (χ0n) is 15.3. The van der Waals surface area contributed by atoms with Crippen LogP contribution in [-0.2, 0) is 0 Å². The third kappa shape index (κ3) is 4.17. The summed E-state index contributed by atoms with van der Waals surface area (Å²) in [6, 6.07) is 10.7. The highest BCUT2D eigenvalue weighted by atomic mass is 16.6. The molecule has 0 unspecified atom stereocenters. The fraction of sp³-hybridized carbons (Fsp3) is 0.211. The summed E-state index contributed by atoms with van der Waals surface area (Å²) < 4.78 is 0. The maximum absolute atomic E-state index is 11.5. The van der Waals surface area contributed by atoms with Crippen molar-refractivity contribution in [3.63, 3.8) is 0 Å². The SMILES string of the molecule is CCN(CC)c1ccc(N=Nc2c(C#N)cc([N+](=O)[O-])cc2C#N)c(C=O)c1. The monoisotopic (exact) mass is 376 g/mol.